The van der Waals surface area contributed by atoms with Crippen LogP contribution in [0.4, 0.5) is 5.13 Å². The molecule has 1 heterocycles. The number of aromatic nitrogens is 1. The third-order valence-corrected chi connectivity index (χ3v) is 4.21. The van der Waals surface area contributed by atoms with Crippen molar-refractivity contribution in [1.82, 2.24) is 10.3 Å². The number of thiazole rings is 1. The number of ether oxygens (including phenoxy) is 1. The number of methoxy groups -OCH3 is 1. The van der Waals surface area contributed by atoms with Crippen LogP contribution in [0.1, 0.15) is 17.7 Å². The molecular weight excluding hydrogens is 238 g/mol. The smallest absolute Gasteiger partial charge is 0.230 e. The van der Waals surface area contributed by atoms with Crippen LogP contribution >= 0.6 is 11.3 Å². The van der Waals surface area contributed by atoms with E-state index in [9.17, 15) is 5.11 Å². The highest BCUT2D eigenvalue weighted by Crippen LogP contribution is 2.36. The highest BCUT2D eigenvalue weighted by molar-refractivity contribution is 7.15. The molecule has 1 aromatic rings. The van der Waals surface area contributed by atoms with Gasteiger partial charge in [-0.15, -0.1) is 0 Å². The molecule has 1 saturated carbocycles. The van der Waals surface area contributed by atoms with Crippen molar-refractivity contribution >= 4 is 16.5 Å². The summed E-state index contributed by atoms with van der Waals surface area (Å²) in [5.74, 6) is 0.680. The van der Waals surface area contributed by atoms with E-state index in [-0.39, 0.29) is 12.1 Å². The number of aliphatic hydroxyl groups excluding tert-OH is 1. The number of hydrogen-bond donors (Lipinski definition) is 2. The van der Waals surface area contributed by atoms with Crippen molar-refractivity contribution in [3.63, 3.8) is 0 Å². The van der Waals surface area contributed by atoms with E-state index in [1.165, 1.54) is 0 Å². The molecule has 0 aliphatic heterocycles. The zero-order chi connectivity index (χ0) is 12.5. The minimum absolute atomic E-state index is 0.0483. The van der Waals surface area contributed by atoms with Gasteiger partial charge >= 0.3 is 0 Å². The van der Waals surface area contributed by atoms with Gasteiger partial charge in [-0.25, -0.2) is 0 Å². The molecule has 0 radical (unpaired) electrons. The van der Waals surface area contributed by atoms with Crippen molar-refractivity contribution in [3.05, 3.63) is 4.88 Å². The van der Waals surface area contributed by atoms with Crippen LogP contribution in [0.5, 0.6) is 5.88 Å². The topological polar surface area (TPSA) is 57.6 Å². The lowest BCUT2D eigenvalue weighted by molar-refractivity contribution is 0.229. The SMILES string of the molecule is COc1nc(N(C)C)sc1CNC1(CO)CC1. The van der Waals surface area contributed by atoms with Crippen molar-refractivity contribution < 1.29 is 9.84 Å². The Morgan fingerprint density at radius 3 is 2.71 bits per heavy atom. The van der Waals surface area contributed by atoms with E-state index in [4.69, 9.17) is 4.74 Å². The molecule has 0 bridgehead atoms. The van der Waals surface area contributed by atoms with Gasteiger partial charge in [-0.2, -0.15) is 4.98 Å². The third-order valence-electron chi connectivity index (χ3n) is 3.01. The van der Waals surface area contributed by atoms with E-state index >= 15 is 0 Å². The van der Waals surface area contributed by atoms with Gasteiger partial charge in [-0.3, -0.25) is 0 Å². The molecule has 2 N–H and O–H groups in total. The number of hydrogen-bond acceptors (Lipinski definition) is 6. The molecule has 0 spiro atoms. The van der Waals surface area contributed by atoms with Gasteiger partial charge in [0.2, 0.25) is 5.88 Å². The van der Waals surface area contributed by atoms with E-state index in [1.54, 1.807) is 18.4 Å². The molecule has 5 nitrogen and oxygen atoms in total. The van der Waals surface area contributed by atoms with E-state index in [1.807, 2.05) is 19.0 Å². The van der Waals surface area contributed by atoms with Crippen LogP contribution in [-0.4, -0.2) is 43.4 Å². The first-order valence-electron chi connectivity index (χ1n) is 5.67. The molecule has 96 valence electrons. The minimum atomic E-state index is -0.0483. The number of aliphatic hydroxyl groups is 1. The highest BCUT2D eigenvalue weighted by atomic mass is 32.1. The maximum atomic E-state index is 9.24. The summed E-state index contributed by atoms with van der Waals surface area (Å²) < 4.78 is 5.27. The fourth-order valence-corrected chi connectivity index (χ4v) is 2.49. The fraction of sp³-hybridized carbons (Fsp3) is 0.727. The van der Waals surface area contributed by atoms with E-state index in [0.29, 0.717) is 12.4 Å². The Bertz CT molecular complexity index is 388. The van der Waals surface area contributed by atoms with Gasteiger partial charge in [0.25, 0.3) is 0 Å². The van der Waals surface area contributed by atoms with Crippen LogP contribution in [-0.2, 0) is 6.54 Å². The molecule has 1 aliphatic rings. The second-order valence-corrected chi connectivity index (χ2v) is 5.68. The number of nitrogens with one attached hydrogen (secondary N) is 1. The second kappa shape index (κ2) is 4.80. The molecule has 1 fully saturated rings. The maximum absolute atomic E-state index is 9.24. The van der Waals surface area contributed by atoms with E-state index in [0.717, 1.165) is 22.9 Å². The van der Waals surface area contributed by atoms with Gasteiger partial charge in [0, 0.05) is 26.2 Å². The Kier molecular flexibility index (Phi) is 3.56. The van der Waals surface area contributed by atoms with Crippen molar-refractivity contribution in [2.75, 3.05) is 32.7 Å². The van der Waals surface area contributed by atoms with Crippen LogP contribution in [0.2, 0.25) is 0 Å². The zero-order valence-electron chi connectivity index (χ0n) is 10.5. The molecule has 6 heteroatoms. The molecular formula is C11H19N3O2S. The molecule has 0 aromatic carbocycles. The van der Waals surface area contributed by atoms with Crippen molar-refractivity contribution in [1.29, 1.82) is 0 Å². The first kappa shape index (κ1) is 12.6. The maximum Gasteiger partial charge on any atom is 0.230 e. The average Bonchev–Trinajstić information content (AvgIpc) is 2.98. The fourth-order valence-electron chi connectivity index (χ4n) is 1.60. The van der Waals surface area contributed by atoms with Crippen molar-refractivity contribution in [3.8, 4) is 5.88 Å². The Balaban J connectivity index is 2.04. The van der Waals surface area contributed by atoms with Gasteiger partial charge in [-0.1, -0.05) is 11.3 Å². The summed E-state index contributed by atoms with van der Waals surface area (Å²) in [6.07, 6.45) is 2.09. The Morgan fingerprint density at radius 1 is 1.53 bits per heavy atom. The second-order valence-electron chi connectivity index (χ2n) is 4.62. The summed E-state index contributed by atoms with van der Waals surface area (Å²) in [4.78, 5) is 7.44. The zero-order valence-corrected chi connectivity index (χ0v) is 11.3. The predicted octanol–water partition coefficient (Wildman–Crippen LogP) is 0.832. The summed E-state index contributed by atoms with van der Waals surface area (Å²) in [5.41, 5.74) is -0.0483. The summed E-state index contributed by atoms with van der Waals surface area (Å²) in [5, 5.41) is 13.6. The predicted molar refractivity (Wildman–Crippen MR) is 68.9 cm³/mol. The quantitative estimate of drug-likeness (QED) is 0.790. The molecule has 0 saturated heterocycles. The first-order valence-corrected chi connectivity index (χ1v) is 6.49. The van der Waals surface area contributed by atoms with Crippen molar-refractivity contribution in [2.24, 2.45) is 0 Å². The Labute approximate surface area is 105 Å². The summed E-state index contributed by atoms with van der Waals surface area (Å²) in [6.45, 7) is 0.907. The Hall–Kier alpha value is -0.850. The molecule has 2 rings (SSSR count). The summed E-state index contributed by atoms with van der Waals surface area (Å²) in [6, 6.07) is 0. The van der Waals surface area contributed by atoms with Crippen molar-refractivity contribution in [2.45, 2.75) is 24.9 Å². The standard InChI is InChI=1S/C11H19N3O2S/c1-14(2)10-13-9(16-3)8(17-10)6-12-11(7-15)4-5-11/h12,15H,4-7H2,1-3H3. The van der Waals surface area contributed by atoms with Crippen LogP contribution in [0.15, 0.2) is 0 Å². The minimum Gasteiger partial charge on any atom is -0.480 e. The molecule has 17 heavy (non-hydrogen) atoms. The molecule has 0 unspecified atom stereocenters. The molecule has 0 atom stereocenters. The number of rotatable bonds is 6. The van der Waals surface area contributed by atoms with Gasteiger partial charge in [0.05, 0.1) is 18.6 Å². The highest BCUT2D eigenvalue weighted by Gasteiger charge is 2.41. The lowest BCUT2D eigenvalue weighted by atomic mass is 10.3. The lowest BCUT2D eigenvalue weighted by Crippen LogP contribution is -2.33. The van der Waals surface area contributed by atoms with Gasteiger partial charge in [0.1, 0.15) is 0 Å². The van der Waals surface area contributed by atoms with Crippen LogP contribution in [0.25, 0.3) is 0 Å². The third kappa shape index (κ3) is 2.70. The van der Waals surface area contributed by atoms with Gasteiger partial charge in [0.15, 0.2) is 5.13 Å². The Morgan fingerprint density at radius 2 is 2.24 bits per heavy atom. The van der Waals surface area contributed by atoms with Crippen LogP contribution in [0.3, 0.4) is 0 Å². The molecule has 0 amide bonds. The first-order chi connectivity index (χ1) is 8.10. The summed E-state index contributed by atoms with van der Waals surface area (Å²) >= 11 is 1.62. The van der Waals surface area contributed by atoms with Gasteiger partial charge in [-0.05, 0) is 12.8 Å². The van der Waals surface area contributed by atoms with Gasteiger partial charge < -0.3 is 20.1 Å². The number of anilines is 1. The number of nitrogens with zero attached hydrogens (tertiary/aromatic N) is 2. The largest absolute Gasteiger partial charge is 0.480 e. The monoisotopic (exact) mass is 257 g/mol. The van der Waals surface area contributed by atoms with Crippen LogP contribution in [0, 0.1) is 0 Å². The lowest BCUT2D eigenvalue weighted by Gasteiger charge is -2.13. The molecule has 1 aliphatic carbocycles. The van der Waals surface area contributed by atoms with Crippen LogP contribution < -0.4 is 15.0 Å². The van der Waals surface area contributed by atoms with E-state index in [2.05, 4.69) is 10.3 Å². The van der Waals surface area contributed by atoms with E-state index < -0.39 is 0 Å². The average molecular weight is 257 g/mol. The normalized spacial score (nSPS) is 16.9. The summed E-state index contributed by atoms with van der Waals surface area (Å²) in [7, 11) is 5.56. The molecule has 1 aromatic heterocycles.